The minimum atomic E-state index is -2.93. The van der Waals surface area contributed by atoms with Crippen molar-refractivity contribution in [3.63, 3.8) is 0 Å². The second-order valence-electron chi connectivity index (χ2n) is 6.01. The Labute approximate surface area is 140 Å². The van der Waals surface area contributed by atoms with Crippen LogP contribution in [-0.4, -0.2) is 42.6 Å². The van der Waals surface area contributed by atoms with Gasteiger partial charge in [0.1, 0.15) is 11.3 Å². The molecule has 132 valence electrons. The fraction of sp³-hybridized carbons (Fsp3) is 0.429. The molecule has 0 atom stereocenters. The van der Waals surface area contributed by atoms with E-state index in [0.29, 0.717) is 28.7 Å². The molecule has 0 amide bonds. The fourth-order valence-corrected chi connectivity index (χ4v) is 2.88. The molecule has 0 aromatic carbocycles. The minimum Gasteiger partial charge on any atom is -0.415 e. The third kappa shape index (κ3) is 3.36. The first kappa shape index (κ1) is 15.7. The number of alkyl halides is 2. The number of halogens is 2. The van der Waals surface area contributed by atoms with Crippen LogP contribution < -0.4 is 15.8 Å². The molecule has 0 radical (unpaired) electrons. The molecule has 3 aromatic heterocycles. The van der Waals surface area contributed by atoms with Crippen LogP contribution >= 0.6 is 0 Å². The van der Waals surface area contributed by atoms with Gasteiger partial charge in [0.15, 0.2) is 11.5 Å². The molecule has 11 heteroatoms. The number of anilines is 2. The summed E-state index contributed by atoms with van der Waals surface area (Å²) in [5.74, 6) is 1.09. The summed E-state index contributed by atoms with van der Waals surface area (Å²) in [6.45, 7) is -2.19. The first-order valence-corrected chi connectivity index (χ1v) is 7.78. The van der Waals surface area contributed by atoms with E-state index in [1.165, 1.54) is 12.3 Å². The standard InChI is InChI=1S/C14H16F2N8O/c15-14(16)25-12-3-10(22-23-12)20-11-5-18-9-4-19-24(13(9)21-11)6-7-1-8(17)2-7/h3-5,7-8,14H,1-2,6,17H2,(H2,20,21,22,23). The maximum atomic E-state index is 12.2. The summed E-state index contributed by atoms with van der Waals surface area (Å²) in [5, 5.41) is 13.4. The smallest absolute Gasteiger partial charge is 0.388 e. The van der Waals surface area contributed by atoms with Gasteiger partial charge in [-0.2, -0.15) is 13.9 Å². The topological polar surface area (TPSA) is 120 Å². The maximum Gasteiger partial charge on any atom is 0.388 e. The number of ether oxygens (including phenoxy) is 1. The van der Waals surface area contributed by atoms with Crippen molar-refractivity contribution in [2.45, 2.75) is 32.0 Å². The van der Waals surface area contributed by atoms with Crippen LogP contribution in [0.4, 0.5) is 20.4 Å². The highest BCUT2D eigenvalue weighted by molar-refractivity contribution is 5.71. The molecule has 1 fully saturated rings. The Bertz CT molecular complexity index is 873. The summed E-state index contributed by atoms with van der Waals surface area (Å²) in [5.41, 5.74) is 7.15. The Kier molecular flexibility index (Phi) is 3.92. The lowest BCUT2D eigenvalue weighted by molar-refractivity contribution is -0.0528. The molecule has 0 bridgehead atoms. The quantitative estimate of drug-likeness (QED) is 0.618. The zero-order valence-corrected chi connectivity index (χ0v) is 13.1. The molecular formula is C14H16F2N8O. The third-order valence-corrected chi connectivity index (χ3v) is 4.08. The number of H-pyrrole nitrogens is 1. The van der Waals surface area contributed by atoms with Crippen LogP contribution in [0.15, 0.2) is 18.5 Å². The van der Waals surface area contributed by atoms with E-state index >= 15 is 0 Å². The van der Waals surface area contributed by atoms with Gasteiger partial charge in [-0.1, -0.05) is 0 Å². The monoisotopic (exact) mass is 350 g/mol. The number of fused-ring (bicyclic) bond motifs is 1. The van der Waals surface area contributed by atoms with Gasteiger partial charge in [0.2, 0.25) is 5.88 Å². The predicted octanol–water partition coefficient (Wildman–Crippen LogP) is 1.63. The second kappa shape index (κ2) is 6.24. The van der Waals surface area contributed by atoms with Crippen molar-refractivity contribution in [3.8, 4) is 5.88 Å². The molecule has 4 N–H and O–H groups in total. The van der Waals surface area contributed by atoms with E-state index in [0.717, 1.165) is 19.4 Å². The summed E-state index contributed by atoms with van der Waals surface area (Å²) < 4.78 is 30.3. The number of aromatic amines is 1. The summed E-state index contributed by atoms with van der Waals surface area (Å²) in [4.78, 5) is 8.79. The number of nitrogens with two attached hydrogens (primary N) is 1. The van der Waals surface area contributed by atoms with E-state index in [1.807, 2.05) is 4.68 Å². The Morgan fingerprint density at radius 3 is 3.00 bits per heavy atom. The van der Waals surface area contributed by atoms with Gasteiger partial charge in [0.25, 0.3) is 0 Å². The van der Waals surface area contributed by atoms with Crippen molar-refractivity contribution >= 4 is 22.8 Å². The van der Waals surface area contributed by atoms with Crippen molar-refractivity contribution in [1.82, 2.24) is 29.9 Å². The lowest BCUT2D eigenvalue weighted by Crippen LogP contribution is -2.38. The van der Waals surface area contributed by atoms with Crippen molar-refractivity contribution in [2.75, 3.05) is 5.32 Å². The first-order valence-electron chi connectivity index (χ1n) is 7.78. The number of hydrogen-bond donors (Lipinski definition) is 3. The lowest BCUT2D eigenvalue weighted by atomic mass is 9.81. The Morgan fingerprint density at radius 2 is 2.24 bits per heavy atom. The molecular weight excluding hydrogens is 334 g/mol. The molecule has 0 unspecified atom stereocenters. The molecule has 0 saturated heterocycles. The van der Waals surface area contributed by atoms with E-state index in [2.05, 4.69) is 35.3 Å². The number of hydrogen-bond acceptors (Lipinski definition) is 7. The Balaban J connectivity index is 1.51. The van der Waals surface area contributed by atoms with Crippen molar-refractivity contribution < 1.29 is 13.5 Å². The fourth-order valence-electron chi connectivity index (χ4n) is 2.88. The van der Waals surface area contributed by atoms with E-state index < -0.39 is 6.61 Å². The second-order valence-corrected chi connectivity index (χ2v) is 6.01. The van der Waals surface area contributed by atoms with Crippen molar-refractivity contribution in [2.24, 2.45) is 11.7 Å². The van der Waals surface area contributed by atoms with Crippen molar-refractivity contribution in [1.29, 1.82) is 0 Å². The highest BCUT2D eigenvalue weighted by Gasteiger charge is 2.27. The molecule has 25 heavy (non-hydrogen) atoms. The van der Waals surface area contributed by atoms with Crippen LogP contribution in [0.2, 0.25) is 0 Å². The zero-order chi connectivity index (χ0) is 17.4. The van der Waals surface area contributed by atoms with Crippen molar-refractivity contribution in [3.05, 3.63) is 18.5 Å². The van der Waals surface area contributed by atoms with E-state index in [1.54, 1.807) is 6.20 Å². The van der Waals surface area contributed by atoms with Crippen LogP contribution in [0.3, 0.4) is 0 Å². The largest absolute Gasteiger partial charge is 0.415 e. The molecule has 0 aliphatic heterocycles. The van der Waals surface area contributed by atoms with E-state index in [4.69, 9.17) is 5.73 Å². The average Bonchev–Trinajstić information content (AvgIpc) is 3.12. The van der Waals surface area contributed by atoms with Crippen LogP contribution in [0.25, 0.3) is 11.2 Å². The van der Waals surface area contributed by atoms with Gasteiger partial charge < -0.3 is 15.8 Å². The zero-order valence-electron chi connectivity index (χ0n) is 13.1. The summed E-state index contributed by atoms with van der Waals surface area (Å²) in [7, 11) is 0. The minimum absolute atomic E-state index is 0.210. The normalized spacial score (nSPS) is 20.0. The van der Waals surface area contributed by atoms with Gasteiger partial charge in [0.05, 0.1) is 12.4 Å². The van der Waals surface area contributed by atoms with E-state index in [9.17, 15) is 8.78 Å². The van der Waals surface area contributed by atoms with Gasteiger partial charge in [0, 0.05) is 18.7 Å². The van der Waals surface area contributed by atoms with Gasteiger partial charge in [-0.15, -0.1) is 5.10 Å². The molecule has 1 saturated carbocycles. The van der Waals surface area contributed by atoms with Crippen LogP contribution in [0, 0.1) is 5.92 Å². The van der Waals surface area contributed by atoms with Gasteiger partial charge in [-0.05, 0) is 18.8 Å². The Hall–Kier alpha value is -2.82. The molecule has 9 nitrogen and oxygen atoms in total. The predicted molar refractivity (Wildman–Crippen MR) is 84.5 cm³/mol. The molecule has 1 aliphatic rings. The van der Waals surface area contributed by atoms with Gasteiger partial charge in [-0.3, -0.25) is 5.10 Å². The summed E-state index contributed by atoms with van der Waals surface area (Å²) in [6, 6.07) is 1.59. The highest BCUT2D eigenvalue weighted by atomic mass is 19.3. The Morgan fingerprint density at radius 1 is 1.40 bits per heavy atom. The molecule has 3 aromatic rings. The molecule has 0 spiro atoms. The van der Waals surface area contributed by atoms with Crippen LogP contribution in [-0.2, 0) is 6.54 Å². The number of rotatable bonds is 6. The summed E-state index contributed by atoms with van der Waals surface area (Å²) in [6.07, 6.45) is 5.15. The first-order chi connectivity index (χ1) is 12.1. The number of aromatic nitrogens is 6. The SMILES string of the molecule is NC1CC(Cn2ncc3ncc(Nc4cc(OC(F)F)n[nH]4)nc32)C1. The van der Waals surface area contributed by atoms with Gasteiger partial charge in [-0.25, -0.2) is 14.6 Å². The van der Waals surface area contributed by atoms with Crippen LogP contribution in [0.1, 0.15) is 12.8 Å². The molecule has 4 rings (SSSR count). The third-order valence-electron chi connectivity index (χ3n) is 4.08. The molecule has 1 aliphatic carbocycles. The van der Waals surface area contributed by atoms with Crippen LogP contribution in [0.5, 0.6) is 5.88 Å². The maximum absolute atomic E-state index is 12.2. The number of nitrogens with zero attached hydrogens (tertiary/aromatic N) is 5. The molecule has 3 heterocycles. The van der Waals surface area contributed by atoms with E-state index in [-0.39, 0.29) is 11.9 Å². The summed E-state index contributed by atoms with van der Waals surface area (Å²) >= 11 is 0. The number of nitrogens with one attached hydrogen (secondary N) is 2. The average molecular weight is 350 g/mol. The highest BCUT2D eigenvalue weighted by Crippen LogP contribution is 2.28. The lowest BCUT2D eigenvalue weighted by Gasteiger charge is -2.32. The van der Waals surface area contributed by atoms with Gasteiger partial charge >= 0.3 is 6.61 Å².